The highest BCUT2D eigenvalue weighted by Gasteiger charge is 2.23. The van der Waals surface area contributed by atoms with Gasteiger partial charge >= 0.3 is 0 Å². The summed E-state index contributed by atoms with van der Waals surface area (Å²) < 4.78 is 5.79. The first-order chi connectivity index (χ1) is 28.3. The van der Waals surface area contributed by atoms with E-state index in [9.17, 15) is 0 Å². The molecule has 7 heteroatoms. The highest BCUT2D eigenvalue weighted by molar-refractivity contribution is 7.25. The van der Waals surface area contributed by atoms with E-state index in [1.54, 1.807) is 11.3 Å². The molecule has 0 saturated carbocycles. The summed E-state index contributed by atoms with van der Waals surface area (Å²) in [5.74, 6) is 1.80. The van der Waals surface area contributed by atoms with Gasteiger partial charge in [0, 0.05) is 59.4 Å². The maximum absolute atomic E-state index is 5.49. The molecule has 0 aliphatic rings. The Balaban J connectivity index is 1.09. The third-order valence-electron chi connectivity index (χ3n) is 11.0. The second-order valence-electron chi connectivity index (χ2n) is 14.2. The summed E-state index contributed by atoms with van der Waals surface area (Å²) in [7, 11) is 0. The highest BCUT2D eigenvalue weighted by Crippen LogP contribution is 2.46. The van der Waals surface area contributed by atoms with Gasteiger partial charge in [-0.05, 0) is 36.4 Å². The average molecular weight is 747 g/mol. The fraction of sp³-hybridized carbons (Fsp3) is 0. The van der Waals surface area contributed by atoms with Crippen LogP contribution >= 0.6 is 11.3 Å². The number of para-hydroxylation sites is 4. The zero-order valence-corrected chi connectivity index (χ0v) is 31.2. The van der Waals surface area contributed by atoms with Crippen LogP contribution in [0, 0.1) is 0 Å². The fourth-order valence-corrected chi connectivity index (χ4v) is 9.57. The molecule has 0 bridgehead atoms. The Bertz CT molecular complexity index is 3460. The number of nitrogens with zero attached hydrogens (tertiary/aromatic N) is 6. The van der Waals surface area contributed by atoms with E-state index in [-0.39, 0.29) is 0 Å². The summed E-state index contributed by atoms with van der Waals surface area (Å²) in [6.45, 7) is 0. The van der Waals surface area contributed by atoms with Crippen molar-refractivity contribution >= 4 is 75.3 Å². The third kappa shape index (κ3) is 4.89. The van der Waals surface area contributed by atoms with Gasteiger partial charge in [-0.25, -0.2) is 9.97 Å². The predicted molar refractivity (Wildman–Crippen MR) is 235 cm³/mol. The standard InChI is InChI=1S/C50H30N6S/c1-3-15-32(16-4-1)47-52-48(54-50(53-47)56-39-23-11-7-19-35(39)36-20-8-12-24-40(36)56)33-29-27-31(28-30-33)45-43-37-21-9-13-25-41(37)55(34-17-5-2-6-18-34)46(43)44-38-22-10-14-26-42(38)57-49(44)51-45/h1-30H. The lowest BCUT2D eigenvalue weighted by Gasteiger charge is -2.12. The molecule has 0 aliphatic carbocycles. The van der Waals surface area contributed by atoms with Crippen molar-refractivity contribution in [3.63, 3.8) is 0 Å². The maximum Gasteiger partial charge on any atom is 0.238 e. The second-order valence-corrected chi connectivity index (χ2v) is 15.3. The number of benzene rings is 7. The monoisotopic (exact) mass is 746 g/mol. The van der Waals surface area contributed by atoms with Crippen molar-refractivity contribution < 1.29 is 0 Å². The SMILES string of the molecule is c1ccc(-c2nc(-c3ccc(-c4nc5sc6ccccc6c5c5c4c4ccccc4n5-c4ccccc4)cc3)nc(-n3c4ccccc4c4ccccc43)n2)cc1. The van der Waals surface area contributed by atoms with Crippen molar-refractivity contribution in [3.8, 4) is 45.7 Å². The lowest BCUT2D eigenvalue weighted by molar-refractivity contribution is 0.953. The number of hydrogen-bond acceptors (Lipinski definition) is 5. The van der Waals surface area contributed by atoms with E-state index >= 15 is 0 Å². The van der Waals surface area contributed by atoms with E-state index in [1.807, 2.05) is 30.3 Å². The summed E-state index contributed by atoms with van der Waals surface area (Å²) in [6, 6.07) is 63.6. The first-order valence-corrected chi connectivity index (χ1v) is 19.8. The molecule has 7 aromatic carbocycles. The number of hydrogen-bond donors (Lipinski definition) is 0. The number of aromatic nitrogens is 6. The largest absolute Gasteiger partial charge is 0.308 e. The zero-order chi connectivity index (χ0) is 37.5. The van der Waals surface area contributed by atoms with Gasteiger partial charge in [0.25, 0.3) is 0 Å². The molecule has 5 aromatic heterocycles. The molecular formula is C50H30N6S. The first-order valence-electron chi connectivity index (χ1n) is 19.0. The Morgan fingerprint density at radius 1 is 0.368 bits per heavy atom. The fourth-order valence-electron chi connectivity index (χ4n) is 8.49. The van der Waals surface area contributed by atoms with Crippen LogP contribution in [0.2, 0.25) is 0 Å². The minimum atomic E-state index is 0.577. The Morgan fingerprint density at radius 2 is 0.877 bits per heavy atom. The van der Waals surface area contributed by atoms with Crippen LogP contribution in [0.15, 0.2) is 182 Å². The van der Waals surface area contributed by atoms with Crippen LogP contribution in [0.4, 0.5) is 0 Å². The van der Waals surface area contributed by atoms with E-state index in [4.69, 9.17) is 19.9 Å². The molecule has 0 amide bonds. The maximum atomic E-state index is 5.49. The minimum absolute atomic E-state index is 0.577. The molecule has 0 atom stereocenters. The quantitative estimate of drug-likeness (QED) is 0.176. The van der Waals surface area contributed by atoms with E-state index in [1.165, 1.54) is 26.4 Å². The average Bonchev–Trinajstić information content (AvgIpc) is 3.94. The van der Waals surface area contributed by atoms with Crippen molar-refractivity contribution in [2.24, 2.45) is 0 Å². The summed E-state index contributed by atoms with van der Waals surface area (Å²) in [5, 5.41) is 7.02. The van der Waals surface area contributed by atoms with Crippen LogP contribution in [0.3, 0.4) is 0 Å². The molecule has 0 unspecified atom stereocenters. The molecule has 0 saturated heterocycles. The minimum Gasteiger partial charge on any atom is -0.308 e. The predicted octanol–water partition coefficient (Wildman–Crippen LogP) is 12.8. The van der Waals surface area contributed by atoms with Gasteiger partial charge in [-0.1, -0.05) is 146 Å². The van der Waals surface area contributed by atoms with Crippen LogP contribution in [0.25, 0.3) is 110 Å². The number of pyridine rings is 1. The molecule has 5 heterocycles. The molecule has 0 N–H and O–H groups in total. The number of thiophene rings is 1. The van der Waals surface area contributed by atoms with Gasteiger partial charge in [0.05, 0.1) is 27.8 Å². The second kappa shape index (κ2) is 12.5. The lowest BCUT2D eigenvalue weighted by Crippen LogP contribution is -2.06. The normalized spacial score (nSPS) is 11.9. The van der Waals surface area contributed by atoms with Gasteiger partial charge in [0.1, 0.15) is 4.83 Å². The molecular weight excluding hydrogens is 717 g/mol. The number of fused-ring (bicyclic) bond motifs is 10. The lowest BCUT2D eigenvalue weighted by atomic mass is 10.0. The summed E-state index contributed by atoms with van der Waals surface area (Å²) in [4.78, 5) is 21.9. The van der Waals surface area contributed by atoms with Gasteiger partial charge in [0.15, 0.2) is 11.6 Å². The highest BCUT2D eigenvalue weighted by atomic mass is 32.1. The molecule has 57 heavy (non-hydrogen) atoms. The first kappa shape index (κ1) is 31.8. The smallest absolute Gasteiger partial charge is 0.238 e. The van der Waals surface area contributed by atoms with E-state index in [0.29, 0.717) is 17.6 Å². The number of rotatable bonds is 5. The van der Waals surface area contributed by atoms with Crippen LogP contribution in [-0.4, -0.2) is 29.1 Å². The van der Waals surface area contributed by atoms with Crippen LogP contribution in [-0.2, 0) is 0 Å². The zero-order valence-electron chi connectivity index (χ0n) is 30.4. The molecule has 0 radical (unpaired) electrons. The van der Waals surface area contributed by atoms with E-state index in [2.05, 4.69) is 161 Å². The Kier molecular flexibility index (Phi) is 7.00. The Morgan fingerprint density at radius 3 is 1.54 bits per heavy atom. The van der Waals surface area contributed by atoms with Gasteiger partial charge in [0.2, 0.25) is 5.95 Å². The molecule has 0 fully saturated rings. The van der Waals surface area contributed by atoms with Crippen molar-refractivity contribution in [1.29, 1.82) is 0 Å². The Hall–Kier alpha value is -7.48. The summed E-state index contributed by atoms with van der Waals surface area (Å²) in [6.07, 6.45) is 0. The van der Waals surface area contributed by atoms with Crippen LogP contribution in [0.1, 0.15) is 0 Å². The summed E-state index contributed by atoms with van der Waals surface area (Å²) >= 11 is 1.75. The molecule has 12 rings (SSSR count). The van der Waals surface area contributed by atoms with Crippen LogP contribution < -0.4 is 0 Å². The van der Waals surface area contributed by atoms with Gasteiger partial charge < -0.3 is 4.57 Å². The molecule has 266 valence electrons. The van der Waals surface area contributed by atoms with Crippen molar-refractivity contribution in [2.45, 2.75) is 0 Å². The van der Waals surface area contributed by atoms with Gasteiger partial charge in [-0.15, -0.1) is 11.3 Å². The van der Waals surface area contributed by atoms with Crippen LogP contribution in [0.5, 0.6) is 0 Å². The molecule has 0 spiro atoms. The Labute approximate surface area is 330 Å². The summed E-state index contributed by atoms with van der Waals surface area (Å²) in [5.41, 5.74) is 9.34. The topological polar surface area (TPSA) is 61.4 Å². The third-order valence-corrected chi connectivity index (χ3v) is 12.1. The van der Waals surface area contributed by atoms with E-state index < -0.39 is 0 Å². The molecule has 12 aromatic rings. The van der Waals surface area contributed by atoms with Gasteiger partial charge in [-0.2, -0.15) is 9.97 Å². The molecule has 0 aliphatic heterocycles. The van der Waals surface area contributed by atoms with Gasteiger partial charge in [-0.3, -0.25) is 4.57 Å². The van der Waals surface area contributed by atoms with Crippen molar-refractivity contribution in [2.75, 3.05) is 0 Å². The van der Waals surface area contributed by atoms with Crippen molar-refractivity contribution in [1.82, 2.24) is 29.1 Å². The molecule has 6 nitrogen and oxygen atoms in total. The van der Waals surface area contributed by atoms with Crippen molar-refractivity contribution in [3.05, 3.63) is 182 Å². The van der Waals surface area contributed by atoms with E-state index in [0.717, 1.165) is 65.6 Å².